The number of H-pyrrole nitrogens is 1. The molecule has 3 aliphatic heterocycles. The first-order chi connectivity index (χ1) is 21.3. The predicted octanol–water partition coefficient (Wildman–Crippen LogP) is -0.467. The largest absolute Gasteiger partial charge is 0.387 e. The van der Waals surface area contributed by atoms with E-state index in [1.807, 2.05) is 0 Å². The number of ether oxygens (including phenoxy) is 2. The van der Waals surface area contributed by atoms with Crippen molar-refractivity contribution in [2.24, 2.45) is 0 Å². The van der Waals surface area contributed by atoms with Gasteiger partial charge in [0, 0.05) is 0 Å². The van der Waals surface area contributed by atoms with E-state index in [0.717, 1.165) is 0 Å². The minimum atomic E-state index is -4.38. The Morgan fingerprint density at radius 3 is 2.38 bits per heavy atom. The Balaban J connectivity index is 1.21. The number of rotatable bonds is 2. The smallest absolute Gasteiger partial charge is 0.386 e. The highest BCUT2D eigenvalue weighted by molar-refractivity contribution is 8.44. The van der Waals surface area contributed by atoms with Gasteiger partial charge >= 0.3 is 13.6 Å². The van der Waals surface area contributed by atoms with Crippen molar-refractivity contribution in [2.45, 2.75) is 49.1 Å². The Morgan fingerprint density at radius 2 is 1.62 bits per heavy atom. The van der Waals surface area contributed by atoms with Crippen LogP contribution in [-0.2, 0) is 36.7 Å². The summed E-state index contributed by atoms with van der Waals surface area (Å²) in [7, 11) is 0. The number of aliphatic hydroxyl groups is 2. The van der Waals surface area contributed by atoms with Gasteiger partial charge < -0.3 is 31.2 Å². The molecule has 3 saturated heterocycles. The molecule has 25 heteroatoms. The summed E-state index contributed by atoms with van der Waals surface area (Å²) in [5.41, 5.74) is 11.0. The molecule has 7 N–H and O–H groups in total. The first-order valence-corrected chi connectivity index (χ1v) is 18.4. The van der Waals surface area contributed by atoms with Crippen LogP contribution in [0.2, 0.25) is 0 Å². The van der Waals surface area contributed by atoms with Crippen molar-refractivity contribution < 1.29 is 46.9 Å². The van der Waals surface area contributed by atoms with E-state index in [0.29, 0.717) is 5.39 Å². The molecule has 0 amide bonds. The summed E-state index contributed by atoms with van der Waals surface area (Å²) in [6, 6.07) is 0. The number of fused-ring (bicyclic) bond motifs is 5. The van der Waals surface area contributed by atoms with Gasteiger partial charge in [-0.25, -0.2) is 28.8 Å². The van der Waals surface area contributed by atoms with Crippen molar-refractivity contribution in [3.8, 4) is 0 Å². The van der Waals surface area contributed by atoms with Crippen LogP contribution in [0, 0.1) is 0 Å². The lowest BCUT2D eigenvalue weighted by molar-refractivity contribution is -0.0601. The maximum absolute atomic E-state index is 13.5. The molecule has 3 fully saturated rings. The zero-order valence-corrected chi connectivity index (χ0v) is 26.0. The van der Waals surface area contributed by atoms with Gasteiger partial charge in [-0.05, 0) is 0 Å². The minimum Gasteiger partial charge on any atom is -0.387 e. The predicted molar refractivity (Wildman–Crippen MR) is 157 cm³/mol. The molecule has 2 bridgehead atoms. The van der Waals surface area contributed by atoms with Crippen LogP contribution in [0.4, 0.5) is 11.8 Å². The molecule has 3 aliphatic rings. The highest BCUT2D eigenvalue weighted by Gasteiger charge is 2.53. The van der Waals surface area contributed by atoms with Crippen LogP contribution in [0.5, 0.6) is 0 Å². The number of nitrogens with zero attached hydrogens (tertiary/aromatic N) is 7. The topological polar surface area (TPSA) is 289 Å². The zero-order valence-electron chi connectivity index (χ0n) is 22.4. The van der Waals surface area contributed by atoms with Crippen molar-refractivity contribution in [3.05, 3.63) is 29.2 Å². The van der Waals surface area contributed by atoms with E-state index in [2.05, 4.69) is 54.5 Å². The first-order valence-electron chi connectivity index (χ1n) is 13.0. The second-order valence-electron chi connectivity index (χ2n) is 10.1. The second kappa shape index (κ2) is 11.2. The highest BCUT2D eigenvalue weighted by atomic mass is 32.7. The van der Waals surface area contributed by atoms with Crippen LogP contribution >= 0.6 is 38.1 Å². The van der Waals surface area contributed by atoms with Gasteiger partial charge in [0.25, 0.3) is 5.56 Å². The van der Waals surface area contributed by atoms with E-state index in [-0.39, 0.29) is 28.6 Å². The molecule has 10 atom stereocenters. The molecule has 45 heavy (non-hydrogen) atoms. The number of aliphatic hydroxyl groups excluding tert-OH is 2. The summed E-state index contributed by atoms with van der Waals surface area (Å²) < 4.78 is 63.5. The van der Waals surface area contributed by atoms with Crippen LogP contribution < -0.4 is 17.0 Å². The number of anilines is 2. The van der Waals surface area contributed by atoms with Crippen molar-refractivity contribution in [3.63, 3.8) is 0 Å². The van der Waals surface area contributed by atoms with Gasteiger partial charge in [0.05, 0.1) is 31.1 Å². The number of hydrogen-bond acceptors (Lipinski definition) is 18. The molecule has 0 aliphatic carbocycles. The van der Waals surface area contributed by atoms with Gasteiger partial charge in [-0.2, -0.15) is 10.1 Å². The maximum atomic E-state index is 13.5. The van der Waals surface area contributed by atoms with E-state index < -0.39 is 81.4 Å². The Bertz CT molecular complexity index is 1940. The fraction of sp³-hybridized carbons (Fsp3) is 0.500. The Labute approximate surface area is 260 Å². The Morgan fingerprint density at radius 1 is 0.933 bits per heavy atom. The zero-order chi connectivity index (χ0) is 31.8. The van der Waals surface area contributed by atoms with Gasteiger partial charge in [-0.15, -0.1) is 0 Å². The van der Waals surface area contributed by atoms with Gasteiger partial charge in [0.1, 0.15) is 48.8 Å². The fourth-order valence-electron chi connectivity index (χ4n) is 5.28. The molecule has 4 aromatic heterocycles. The molecule has 4 aromatic rings. The van der Waals surface area contributed by atoms with Crippen LogP contribution in [0.1, 0.15) is 12.5 Å². The van der Waals surface area contributed by atoms with E-state index >= 15 is 0 Å². The summed E-state index contributed by atoms with van der Waals surface area (Å²) in [4.78, 5) is 30.8. The standard InChI is InChI=1S/C20H24N10O11P2S2/c21-14-6-1-26-30(15(6)24-4-23-14)18-11(32)12-8(39-18)3-37-43(35,45)41-13-10(31)7(2-36-42(34,44)40-12)38-19(13)29-5-25-9-16(29)27-20(22)28-17(9)33/h1,4-5,7-8,10-13,18-19,31-32H,2-3H2,(H,34,44)(H,35,45)(H2,21,23,24)(H3,22,27,28,33). The Kier molecular flexibility index (Phi) is 7.74. The molecular formula is C20H24N10O11P2S2. The molecule has 0 radical (unpaired) electrons. The van der Waals surface area contributed by atoms with E-state index in [1.54, 1.807) is 0 Å². The third kappa shape index (κ3) is 5.55. The van der Waals surface area contributed by atoms with E-state index in [9.17, 15) is 24.1 Å². The molecular weight excluding hydrogens is 682 g/mol. The second-order valence-corrected chi connectivity index (χ2v) is 15.9. The van der Waals surface area contributed by atoms with Gasteiger partial charge in [-0.3, -0.25) is 32.4 Å². The van der Waals surface area contributed by atoms with Crippen molar-refractivity contribution in [1.82, 2.24) is 39.3 Å². The molecule has 0 saturated carbocycles. The number of nitrogens with two attached hydrogens (primary N) is 2. The first kappa shape index (κ1) is 31.0. The van der Waals surface area contributed by atoms with Crippen molar-refractivity contribution >= 4 is 72.1 Å². The number of imidazole rings is 1. The van der Waals surface area contributed by atoms with Crippen LogP contribution in [0.3, 0.4) is 0 Å². The van der Waals surface area contributed by atoms with Crippen LogP contribution in [0.15, 0.2) is 23.6 Å². The SMILES string of the molecule is Nc1nc2c(ncn2C2OC3COP(=O)(S)OC4C(COP(=O)(S)OC2C3O)OC(n2ncc3c(N)ncnc32)C4O)c(=O)[nH]1. The number of aromatic nitrogens is 8. The van der Waals surface area contributed by atoms with Crippen LogP contribution in [-0.4, -0.2) is 99.3 Å². The average molecular weight is 707 g/mol. The lowest BCUT2D eigenvalue weighted by atomic mass is 10.1. The average Bonchev–Trinajstić information content (AvgIpc) is 3.72. The van der Waals surface area contributed by atoms with Gasteiger partial charge in [-0.1, -0.05) is 24.5 Å². The van der Waals surface area contributed by atoms with Crippen LogP contribution in [0.25, 0.3) is 22.2 Å². The molecule has 0 spiro atoms. The summed E-state index contributed by atoms with van der Waals surface area (Å²) in [6.07, 6.45) is -7.48. The summed E-state index contributed by atoms with van der Waals surface area (Å²) in [6.45, 7) is -9.89. The number of nitrogens with one attached hydrogen (secondary N) is 1. The quantitative estimate of drug-likeness (QED) is 0.102. The molecule has 7 rings (SSSR count). The third-order valence-corrected chi connectivity index (χ3v) is 10.6. The van der Waals surface area contributed by atoms with Crippen molar-refractivity contribution in [1.29, 1.82) is 0 Å². The van der Waals surface area contributed by atoms with E-state index in [1.165, 1.54) is 28.1 Å². The van der Waals surface area contributed by atoms with Gasteiger partial charge in [0.15, 0.2) is 29.3 Å². The number of nitrogen functional groups attached to an aromatic ring is 2. The molecule has 242 valence electrons. The summed E-state index contributed by atoms with van der Waals surface area (Å²) >= 11 is 8.12. The lowest BCUT2D eigenvalue weighted by Gasteiger charge is -2.26. The number of aromatic amines is 1. The van der Waals surface area contributed by atoms with Crippen molar-refractivity contribution in [2.75, 3.05) is 24.7 Å². The number of hydrogen-bond donors (Lipinski definition) is 7. The molecule has 10 unspecified atom stereocenters. The highest BCUT2D eigenvalue weighted by Crippen LogP contribution is 2.60. The monoisotopic (exact) mass is 706 g/mol. The minimum absolute atomic E-state index is 0.0387. The Hall–Kier alpha value is -2.66. The molecule has 0 aromatic carbocycles. The third-order valence-electron chi connectivity index (χ3n) is 7.32. The summed E-state index contributed by atoms with van der Waals surface area (Å²) in [5, 5.41) is 26.9. The van der Waals surface area contributed by atoms with E-state index in [4.69, 9.17) is 39.0 Å². The number of thiol groups is 2. The maximum Gasteiger partial charge on any atom is 0.386 e. The van der Waals surface area contributed by atoms with Gasteiger partial charge in [0.2, 0.25) is 5.95 Å². The normalized spacial score (nSPS) is 37.7. The lowest BCUT2D eigenvalue weighted by Crippen LogP contribution is -2.36. The summed E-state index contributed by atoms with van der Waals surface area (Å²) in [5.74, 6) is -0.0938. The molecule has 21 nitrogen and oxygen atoms in total. The molecule has 7 heterocycles. The fourth-order valence-corrected chi connectivity index (χ4v) is 8.23.